The molecule has 0 aliphatic heterocycles. The highest BCUT2D eigenvalue weighted by molar-refractivity contribution is 7.92. The molecule has 0 fully saturated rings. The van der Waals surface area contributed by atoms with Crippen LogP contribution in [0.2, 0.25) is 0 Å². The molecule has 0 atom stereocenters. The van der Waals surface area contributed by atoms with Crippen molar-refractivity contribution in [3.05, 3.63) is 75.8 Å². The molecule has 2 N–H and O–H groups in total. The number of nitrogens with one attached hydrogen (secondary N) is 2. The Morgan fingerprint density at radius 1 is 1.15 bits per heavy atom. The van der Waals surface area contributed by atoms with Crippen LogP contribution in [0.25, 0.3) is 11.0 Å². The SMILES string of the molecule is CCn1c(=O)c(C(=O)Nc2ccc(S(=O)(=O)Nc3onc(C)c3C)cc2)cc2cccnc21. The molecule has 0 saturated heterocycles. The van der Waals surface area contributed by atoms with Gasteiger partial charge in [-0.3, -0.25) is 14.2 Å². The number of benzene rings is 1. The van der Waals surface area contributed by atoms with Gasteiger partial charge in [-0.2, -0.15) is 0 Å². The fourth-order valence-electron chi connectivity index (χ4n) is 3.27. The van der Waals surface area contributed by atoms with Gasteiger partial charge >= 0.3 is 0 Å². The van der Waals surface area contributed by atoms with Crippen LogP contribution in [0.4, 0.5) is 11.6 Å². The van der Waals surface area contributed by atoms with Crippen LogP contribution in [0.1, 0.15) is 28.5 Å². The number of anilines is 2. The summed E-state index contributed by atoms with van der Waals surface area (Å²) in [6.45, 7) is 5.55. The molecule has 10 nitrogen and oxygen atoms in total. The molecule has 0 aliphatic rings. The standard InChI is InChI=1S/C22H21N5O5S/c1-4-27-19-15(6-5-11-23-19)12-18(22(27)29)20(28)24-16-7-9-17(10-8-16)33(30,31)26-21-13(2)14(3)25-32-21/h5-12,26H,4H2,1-3H3,(H,24,28). The molecule has 1 aromatic carbocycles. The van der Waals surface area contributed by atoms with Crippen molar-refractivity contribution in [2.24, 2.45) is 0 Å². The van der Waals surface area contributed by atoms with E-state index in [2.05, 4.69) is 20.2 Å². The maximum absolute atomic E-state index is 12.8. The summed E-state index contributed by atoms with van der Waals surface area (Å²) in [5, 5.41) is 7.03. The van der Waals surface area contributed by atoms with Crippen molar-refractivity contribution in [2.45, 2.75) is 32.2 Å². The number of hydrogen-bond acceptors (Lipinski definition) is 7. The van der Waals surface area contributed by atoms with Crippen molar-refractivity contribution in [3.63, 3.8) is 0 Å². The average Bonchev–Trinajstić information content (AvgIpc) is 3.10. The maximum Gasteiger partial charge on any atom is 0.265 e. The summed E-state index contributed by atoms with van der Waals surface area (Å²) >= 11 is 0. The second kappa shape index (κ2) is 8.51. The largest absolute Gasteiger partial charge is 0.337 e. The van der Waals surface area contributed by atoms with Gasteiger partial charge < -0.3 is 9.84 Å². The lowest BCUT2D eigenvalue weighted by Crippen LogP contribution is -2.29. The van der Waals surface area contributed by atoms with Crippen molar-refractivity contribution >= 4 is 38.5 Å². The number of carbonyl (C=O) groups excluding carboxylic acids is 1. The number of aromatic nitrogens is 3. The molecule has 4 rings (SSSR count). The van der Waals surface area contributed by atoms with Crippen molar-refractivity contribution in [2.75, 3.05) is 10.0 Å². The first kappa shape index (κ1) is 22.2. The Morgan fingerprint density at radius 3 is 2.52 bits per heavy atom. The van der Waals surface area contributed by atoms with Crippen LogP contribution in [0, 0.1) is 13.8 Å². The fourth-order valence-corrected chi connectivity index (χ4v) is 4.32. The Balaban J connectivity index is 1.57. The molecule has 1 amide bonds. The van der Waals surface area contributed by atoms with Gasteiger partial charge in [-0.15, -0.1) is 0 Å². The molecule has 3 aromatic heterocycles. The van der Waals surface area contributed by atoms with E-state index in [0.717, 1.165) is 0 Å². The number of pyridine rings is 2. The summed E-state index contributed by atoms with van der Waals surface area (Å²) in [4.78, 5) is 29.8. The lowest BCUT2D eigenvalue weighted by molar-refractivity contribution is 0.102. The summed E-state index contributed by atoms with van der Waals surface area (Å²) in [7, 11) is -3.92. The minimum Gasteiger partial charge on any atom is -0.337 e. The van der Waals surface area contributed by atoms with E-state index in [0.29, 0.717) is 34.5 Å². The summed E-state index contributed by atoms with van der Waals surface area (Å²) < 4.78 is 34.0. The number of hydrogen-bond donors (Lipinski definition) is 2. The number of nitrogens with zero attached hydrogens (tertiary/aromatic N) is 3. The van der Waals surface area contributed by atoms with E-state index in [9.17, 15) is 18.0 Å². The number of sulfonamides is 1. The molecule has 0 saturated carbocycles. The zero-order valence-electron chi connectivity index (χ0n) is 18.1. The van der Waals surface area contributed by atoms with Crippen molar-refractivity contribution in [1.82, 2.24) is 14.7 Å². The highest BCUT2D eigenvalue weighted by Gasteiger charge is 2.20. The first-order valence-electron chi connectivity index (χ1n) is 10.1. The highest BCUT2D eigenvalue weighted by atomic mass is 32.2. The quantitative estimate of drug-likeness (QED) is 0.445. The third-order valence-corrected chi connectivity index (χ3v) is 6.56. The molecule has 3 heterocycles. The van der Waals surface area contributed by atoms with Crippen LogP contribution in [-0.4, -0.2) is 29.0 Å². The molecular formula is C22H21N5O5S. The Labute approximate surface area is 189 Å². The summed E-state index contributed by atoms with van der Waals surface area (Å²) in [5.74, 6) is -0.558. The fraction of sp³-hybridized carbons (Fsp3) is 0.182. The van der Waals surface area contributed by atoms with Gasteiger partial charge in [0.2, 0.25) is 5.88 Å². The zero-order chi connectivity index (χ0) is 23.8. The third-order valence-electron chi connectivity index (χ3n) is 5.22. The number of amides is 1. The molecule has 0 aliphatic carbocycles. The minimum atomic E-state index is -3.92. The van der Waals surface area contributed by atoms with Crippen LogP contribution in [0.3, 0.4) is 0 Å². The molecule has 0 radical (unpaired) electrons. The Kier molecular flexibility index (Phi) is 5.73. The lowest BCUT2D eigenvalue weighted by atomic mass is 10.2. The van der Waals surface area contributed by atoms with Crippen LogP contribution >= 0.6 is 0 Å². The van der Waals surface area contributed by atoms with Gasteiger partial charge in [0.15, 0.2) is 0 Å². The summed E-state index contributed by atoms with van der Waals surface area (Å²) in [5.41, 5.74) is 1.51. The van der Waals surface area contributed by atoms with E-state index in [1.807, 2.05) is 0 Å². The molecule has 0 spiro atoms. The smallest absolute Gasteiger partial charge is 0.265 e. The second-order valence-corrected chi connectivity index (χ2v) is 9.01. The highest BCUT2D eigenvalue weighted by Crippen LogP contribution is 2.23. The molecule has 0 bridgehead atoms. The number of aryl methyl sites for hydroxylation is 2. The molecule has 170 valence electrons. The number of rotatable bonds is 6. The monoisotopic (exact) mass is 467 g/mol. The van der Waals surface area contributed by atoms with E-state index in [4.69, 9.17) is 4.52 Å². The zero-order valence-corrected chi connectivity index (χ0v) is 18.9. The van der Waals surface area contributed by atoms with Gasteiger partial charge in [0.25, 0.3) is 21.5 Å². The number of fused-ring (bicyclic) bond motifs is 1. The molecular weight excluding hydrogens is 446 g/mol. The van der Waals surface area contributed by atoms with Crippen molar-refractivity contribution < 1.29 is 17.7 Å². The Hall–Kier alpha value is -3.99. The van der Waals surface area contributed by atoms with Gasteiger partial charge in [0.05, 0.1) is 10.6 Å². The Morgan fingerprint density at radius 2 is 1.88 bits per heavy atom. The van der Waals surface area contributed by atoms with E-state index in [-0.39, 0.29) is 16.3 Å². The van der Waals surface area contributed by atoms with Crippen LogP contribution in [-0.2, 0) is 16.6 Å². The van der Waals surface area contributed by atoms with E-state index >= 15 is 0 Å². The summed E-state index contributed by atoms with van der Waals surface area (Å²) in [6, 6.07) is 10.5. The maximum atomic E-state index is 12.8. The number of carbonyl (C=O) groups is 1. The molecule has 0 unspecified atom stereocenters. The van der Waals surface area contributed by atoms with E-state index < -0.39 is 21.5 Å². The van der Waals surface area contributed by atoms with Crippen LogP contribution in [0.5, 0.6) is 0 Å². The predicted octanol–water partition coefficient (Wildman–Crippen LogP) is 3.07. The molecule has 33 heavy (non-hydrogen) atoms. The van der Waals surface area contributed by atoms with Gasteiger partial charge in [-0.25, -0.2) is 18.1 Å². The van der Waals surface area contributed by atoms with E-state index in [1.165, 1.54) is 34.9 Å². The van der Waals surface area contributed by atoms with Gasteiger partial charge in [-0.1, -0.05) is 5.16 Å². The van der Waals surface area contributed by atoms with E-state index in [1.54, 1.807) is 39.1 Å². The first-order chi connectivity index (χ1) is 15.7. The molecule has 4 aromatic rings. The first-order valence-corrected chi connectivity index (χ1v) is 11.5. The average molecular weight is 468 g/mol. The minimum absolute atomic E-state index is 0.0286. The lowest BCUT2D eigenvalue weighted by Gasteiger charge is -2.11. The van der Waals surface area contributed by atoms with Crippen molar-refractivity contribution in [3.8, 4) is 0 Å². The topological polar surface area (TPSA) is 136 Å². The van der Waals surface area contributed by atoms with Crippen LogP contribution < -0.4 is 15.6 Å². The third kappa shape index (κ3) is 4.22. The predicted molar refractivity (Wildman–Crippen MR) is 123 cm³/mol. The second-order valence-electron chi connectivity index (χ2n) is 7.33. The molecule has 11 heteroatoms. The Bertz CT molecular complexity index is 1520. The van der Waals surface area contributed by atoms with Gasteiger partial charge in [0, 0.05) is 29.4 Å². The normalized spacial score (nSPS) is 11.5. The van der Waals surface area contributed by atoms with Crippen molar-refractivity contribution in [1.29, 1.82) is 0 Å². The van der Waals surface area contributed by atoms with Gasteiger partial charge in [0.1, 0.15) is 11.2 Å². The summed E-state index contributed by atoms with van der Waals surface area (Å²) in [6.07, 6.45) is 1.59. The van der Waals surface area contributed by atoms with Crippen LogP contribution in [0.15, 0.2) is 62.9 Å². The van der Waals surface area contributed by atoms with Gasteiger partial charge in [-0.05, 0) is 63.2 Å².